The van der Waals surface area contributed by atoms with Crippen molar-refractivity contribution in [3.8, 4) is 5.75 Å². The van der Waals surface area contributed by atoms with Gasteiger partial charge in [-0.25, -0.2) is 0 Å². The molecule has 1 aliphatic rings. The summed E-state index contributed by atoms with van der Waals surface area (Å²) in [5.41, 5.74) is 2.14. The van der Waals surface area contributed by atoms with Gasteiger partial charge in [0.15, 0.2) is 0 Å². The molecule has 33 heavy (non-hydrogen) atoms. The van der Waals surface area contributed by atoms with Gasteiger partial charge in [0.2, 0.25) is 5.91 Å². The number of ether oxygens (including phenoxy) is 1. The summed E-state index contributed by atoms with van der Waals surface area (Å²) in [5, 5.41) is 6.00. The molecule has 0 unspecified atom stereocenters. The van der Waals surface area contributed by atoms with Crippen molar-refractivity contribution in [2.45, 2.75) is 52.4 Å². The number of hydrogen-bond acceptors (Lipinski definition) is 4. The van der Waals surface area contributed by atoms with E-state index in [9.17, 15) is 9.59 Å². The molecule has 0 bridgehead atoms. The molecule has 2 N–H and O–H groups in total. The summed E-state index contributed by atoms with van der Waals surface area (Å²) in [7, 11) is 0. The maximum Gasteiger partial charge on any atom is 0.253 e. The summed E-state index contributed by atoms with van der Waals surface area (Å²) in [4.78, 5) is 27.1. The van der Waals surface area contributed by atoms with Gasteiger partial charge in [-0.15, -0.1) is 0 Å². The summed E-state index contributed by atoms with van der Waals surface area (Å²) in [6, 6.07) is 14.8. The fraction of sp³-hybridized carbons (Fsp3) is 0.481. The van der Waals surface area contributed by atoms with Crippen LogP contribution < -0.4 is 15.4 Å². The zero-order valence-electron chi connectivity index (χ0n) is 19.9. The van der Waals surface area contributed by atoms with Crippen LogP contribution >= 0.6 is 0 Å². The number of carbonyl (C=O) groups is 2. The highest BCUT2D eigenvalue weighted by atomic mass is 16.5. The maximum absolute atomic E-state index is 12.8. The number of amides is 2. The van der Waals surface area contributed by atoms with Crippen LogP contribution in [0.25, 0.3) is 0 Å². The van der Waals surface area contributed by atoms with E-state index in [-0.39, 0.29) is 18.4 Å². The average Bonchev–Trinajstić information content (AvgIpc) is 2.84. The molecule has 2 aromatic rings. The van der Waals surface area contributed by atoms with Crippen LogP contribution in [0.1, 0.15) is 62.7 Å². The van der Waals surface area contributed by atoms with Crippen LogP contribution in [0, 0.1) is 5.92 Å². The topological polar surface area (TPSA) is 70.7 Å². The zero-order valence-corrected chi connectivity index (χ0v) is 19.9. The van der Waals surface area contributed by atoms with E-state index in [0.717, 1.165) is 49.5 Å². The number of unbranched alkanes of at least 4 members (excludes halogenated alkanes) is 3. The second-order valence-electron chi connectivity index (χ2n) is 8.89. The summed E-state index contributed by atoms with van der Waals surface area (Å²) in [5.74, 6) is 1.40. The minimum atomic E-state index is -0.148. The lowest BCUT2D eigenvalue weighted by atomic mass is 9.98. The lowest BCUT2D eigenvalue weighted by molar-refractivity contribution is -0.114. The number of carbonyl (C=O) groups excluding carboxylic acids is 2. The van der Waals surface area contributed by atoms with Crippen molar-refractivity contribution in [2.24, 2.45) is 5.92 Å². The van der Waals surface area contributed by atoms with E-state index >= 15 is 0 Å². The summed E-state index contributed by atoms with van der Waals surface area (Å²) >= 11 is 0. The van der Waals surface area contributed by atoms with Crippen LogP contribution in [-0.4, -0.2) is 43.0 Å². The molecular formula is C27H37N3O3. The van der Waals surface area contributed by atoms with E-state index in [4.69, 9.17) is 4.74 Å². The van der Waals surface area contributed by atoms with E-state index in [1.54, 1.807) is 0 Å². The summed E-state index contributed by atoms with van der Waals surface area (Å²) in [6.45, 7) is 6.88. The number of piperidine rings is 1. The molecular weight excluding hydrogens is 414 g/mol. The smallest absolute Gasteiger partial charge is 0.253 e. The Morgan fingerprint density at radius 1 is 1.00 bits per heavy atom. The van der Waals surface area contributed by atoms with E-state index in [1.807, 2.05) is 53.4 Å². The van der Waals surface area contributed by atoms with E-state index in [1.165, 1.54) is 19.3 Å². The molecule has 0 saturated carbocycles. The van der Waals surface area contributed by atoms with Crippen LogP contribution in [0.4, 0.5) is 11.4 Å². The molecule has 0 aliphatic carbocycles. The number of benzene rings is 2. The third-order valence-corrected chi connectivity index (χ3v) is 6.04. The number of likely N-dealkylation sites (tertiary alicyclic amines) is 1. The van der Waals surface area contributed by atoms with Gasteiger partial charge in [-0.2, -0.15) is 0 Å². The molecule has 0 aromatic heterocycles. The minimum absolute atomic E-state index is 0.0580. The van der Waals surface area contributed by atoms with Crippen LogP contribution in [0.15, 0.2) is 48.5 Å². The van der Waals surface area contributed by atoms with Crippen molar-refractivity contribution < 1.29 is 14.3 Å². The highest BCUT2D eigenvalue weighted by Gasteiger charge is 2.21. The van der Waals surface area contributed by atoms with Gasteiger partial charge in [0.1, 0.15) is 5.75 Å². The standard InChI is InChI=1S/C27H37N3O3/c1-3-4-5-6-18-33-25-12-10-23(11-13-25)29-26(31)20-28-24-9-7-8-22(19-24)27(32)30-16-14-21(2)15-17-30/h7-13,19,21,28H,3-6,14-18,20H2,1-2H3,(H,29,31). The highest BCUT2D eigenvalue weighted by molar-refractivity contribution is 5.96. The van der Waals surface area contributed by atoms with Crippen molar-refractivity contribution >= 4 is 23.2 Å². The van der Waals surface area contributed by atoms with Crippen LogP contribution in [0.5, 0.6) is 5.75 Å². The number of nitrogens with one attached hydrogen (secondary N) is 2. The Morgan fingerprint density at radius 2 is 1.76 bits per heavy atom. The Bertz CT molecular complexity index is 890. The molecule has 0 radical (unpaired) electrons. The first-order valence-electron chi connectivity index (χ1n) is 12.2. The normalized spacial score (nSPS) is 14.1. The molecule has 178 valence electrons. The monoisotopic (exact) mass is 451 g/mol. The summed E-state index contributed by atoms with van der Waals surface area (Å²) < 4.78 is 5.74. The predicted molar refractivity (Wildman–Crippen MR) is 134 cm³/mol. The molecule has 3 rings (SSSR count). The first kappa shape index (κ1) is 24.6. The Kier molecular flexibility index (Phi) is 9.60. The number of nitrogens with zero attached hydrogens (tertiary/aromatic N) is 1. The second kappa shape index (κ2) is 12.9. The maximum atomic E-state index is 12.8. The summed E-state index contributed by atoms with van der Waals surface area (Å²) in [6.07, 6.45) is 6.80. The van der Waals surface area contributed by atoms with Gasteiger partial charge in [-0.1, -0.05) is 39.2 Å². The van der Waals surface area contributed by atoms with Crippen molar-refractivity contribution in [3.63, 3.8) is 0 Å². The molecule has 1 aliphatic heterocycles. The van der Waals surface area contributed by atoms with Gasteiger partial charge in [0.25, 0.3) is 5.91 Å². The minimum Gasteiger partial charge on any atom is -0.494 e. The Labute approximate surface area is 197 Å². The van der Waals surface area contributed by atoms with Crippen molar-refractivity contribution in [3.05, 3.63) is 54.1 Å². The van der Waals surface area contributed by atoms with E-state index in [0.29, 0.717) is 18.1 Å². The number of hydrogen-bond donors (Lipinski definition) is 2. The lowest BCUT2D eigenvalue weighted by Crippen LogP contribution is -2.37. The quantitative estimate of drug-likeness (QED) is 0.438. The average molecular weight is 452 g/mol. The first-order valence-corrected chi connectivity index (χ1v) is 12.2. The molecule has 6 heteroatoms. The van der Waals surface area contributed by atoms with Crippen molar-refractivity contribution in [2.75, 3.05) is 36.9 Å². The van der Waals surface area contributed by atoms with Gasteiger partial charge in [-0.3, -0.25) is 9.59 Å². The van der Waals surface area contributed by atoms with E-state index < -0.39 is 0 Å². The first-order chi connectivity index (χ1) is 16.0. The van der Waals surface area contributed by atoms with Crippen molar-refractivity contribution in [1.29, 1.82) is 0 Å². The SMILES string of the molecule is CCCCCCOc1ccc(NC(=O)CNc2cccc(C(=O)N3CCC(C)CC3)c2)cc1. The van der Waals surface area contributed by atoms with E-state index in [2.05, 4.69) is 24.5 Å². The van der Waals surface area contributed by atoms with Crippen molar-refractivity contribution in [1.82, 2.24) is 4.90 Å². The fourth-order valence-electron chi connectivity index (χ4n) is 3.90. The van der Waals surface area contributed by atoms with Gasteiger partial charge in [0.05, 0.1) is 13.2 Å². The molecule has 1 fully saturated rings. The Balaban J connectivity index is 1.43. The number of rotatable bonds is 11. The Morgan fingerprint density at radius 3 is 2.48 bits per heavy atom. The second-order valence-corrected chi connectivity index (χ2v) is 8.89. The van der Waals surface area contributed by atoms with Gasteiger partial charge >= 0.3 is 0 Å². The molecule has 0 spiro atoms. The lowest BCUT2D eigenvalue weighted by Gasteiger charge is -2.30. The predicted octanol–water partition coefficient (Wildman–Crippen LogP) is 5.57. The molecule has 1 heterocycles. The third-order valence-electron chi connectivity index (χ3n) is 6.04. The largest absolute Gasteiger partial charge is 0.494 e. The zero-order chi connectivity index (χ0) is 23.5. The highest BCUT2D eigenvalue weighted by Crippen LogP contribution is 2.20. The van der Waals surface area contributed by atoms with Gasteiger partial charge < -0.3 is 20.3 Å². The fourth-order valence-corrected chi connectivity index (χ4v) is 3.90. The number of anilines is 2. The molecule has 2 amide bonds. The third kappa shape index (κ3) is 8.12. The molecule has 1 saturated heterocycles. The van der Waals surface area contributed by atoms with Gasteiger partial charge in [-0.05, 0) is 67.6 Å². The van der Waals surface area contributed by atoms with Gasteiger partial charge in [0, 0.05) is 30.0 Å². The van der Waals surface area contributed by atoms with Crippen LogP contribution in [0.2, 0.25) is 0 Å². The molecule has 0 atom stereocenters. The molecule has 2 aromatic carbocycles. The molecule has 6 nitrogen and oxygen atoms in total. The Hall–Kier alpha value is -3.02. The van der Waals surface area contributed by atoms with Crippen LogP contribution in [0.3, 0.4) is 0 Å². The van der Waals surface area contributed by atoms with Crippen LogP contribution in [-0.2, 0) is 4.79 Å².